The molecule has 148 valence electrons. The largest absolute Gasteiger partial charge is 0.503 e. The number of nitrogens with zero attached hydrogens (tertiary/aromatic N) is 5. The van der Waals surface area contributed by atoms with Gasteiger partial charge in [-0.25, -0.2) is 0 Å². The summed E-state index contributed by atoms with van der Waals surface area (Å²) in [6.45, 7) is 5.20. The summed E-state index contributed by atoms with van der Waals surface area (Å²) in [7, 11) is 0. The zero-order valence-electron chi connectivity index (χ0n) is 16.0. The molecule has 0 atom stereocenters. The van der Waals surface area contributed by atoms with E-state index in [0.717, 1.165) is 28.0 Å². The molecule has 0 aliphatic rings. The molecular weight excluding hydrogens is 382 g/mol. The first-order valence-corrected chi connectivity index (χ1v) is 8.98. The molecule has 0 aliphatic heterocycles. The van der Waals surface area contributed by atoms with Crippen LogP contribution in [0.1, 0.15) is 12.5 Å². The normalized spacial score (nSPS) is 11.4. The Bertz CT molecular complexity index is 1270. The van der Waals surface area contributed by atoms with Gasteiger partial charge in [-0.05, 0) is 34.9 Å². The van der Waals surface area contributed by atoms with Crippen LogP contribution in [0.3, 0.4) is 0 Å². The van der Waals surface area contributed by atoms with E-state index in [-0.39, 0.29) is 5.75 Å². The van der Waals surface area contributed by atoms with Crippen molar-refractivity contribution in [3.8, 4) is 39.5 Å². The lowest BCUT2D eigenvalue weighted by molar-refractivity contribution is 0.467. The fourth-order valence-corrected chi connectivity index (χ4v) is 3.10. The maximum Gasteiger partial charge on any atom is 0.290 e. The summed E-state index contributed by atoms with van der Waals surface area (Å²) in [4.78, 5) is 14.9. The molecule has 2 aromatic carbocycles. The van der Waals surface area contributed by atoms with Crippen LogP contribution >= 0.6 is 0 Å². The smallest absolute Gasteiger partial charge is 0.290 e. The van der Waals surface area contributed by atoms with Gasteiger partial charge in [0.1, 0.15) is 0 Å². The van der Waals surface area contributed by atoms with Crippen molar-refractivity contribution in [2.45, 2.75) is 6.92 Å². The number of rotatable bonds is 5. The van der Waals surface area contributed by atoms with Crippen molar-refractivity contribution in [3.63, 3.8) is 0 Å². The summed E-state index contributed by atoms with van der Waals surface area (Å²) in [5.74, 6) is 0.125. The summed E-state index contributed by atoms with van der Waals surface area (Å²) < 4.78 is 0. The van der Waals surface area contributed by atoms with E-state index in [1.165, 1.54) is 6.07 Å². The van der Waals surface area contributed by atoms with E-state index in [4.69, 9.17) is 0 Å². The van der Waals surface area contributed by atoms with Crippen molar-refractivity contribution in [2.75, 3.05) is 0 Å². The van der Waals surface area contributed by atoms with Crippen LogP contribution in [0.15, 0.2) is 69.6 Å². The average Bonchev–Trinajstić information content (AvgIpc) is 3.31. The third-order valence-electron chi connectivity index (χ3n) is 4.63. The summed E-state index contributed by atoms with van der Waals surface area (Å²) in [6.07, 6.45) is 0. The maximum absolute atomic E-state index is 12.1. The zero-order valence-corrected chi connectivity index (χ0v) is 16.0. The van der Waals surface area contributed by atoms with Gasteiger partial charge in [-0.2, -0.15) is 15.4 Å². The average molecular weight is 399 g/mol. The first-order valence-electron chi connectivity index (χ1n) is 8.98. The molecule has 4 rings (SSSR count). The molecule has 0 saturated carbocycles. The second kappa shape index (κ2) is 7.92. The molecule has 4 aromatic rings. The Morgan fingerprint density at radius 1 is 1.03 bits per heavy atom. The number of tetrazole rings is 1. The number of aromatic nitrogens is 5. The molecular formula is C21H17N7O2. The number of nitrogens with one attached hydrogen (secondary N) is 2. The van der Waals surface area contributed by atoms with Gasteiger partial charge in [0.15, 0.2) is 5.75 Å². The Labute approximate surface area is 170 Å². The summed E-state index contributed by atoms with van der Waals surface area (Å²) in [5.41, 5.74) is 4.71. The van der Waals surface area contributed by atoms with E-state index in [9.17, 15) is 9.90 Å². The molecule has 0 radical (unpaired) electrons. The summed E-state index contributed by atoms with van der Waals surface area (Å²) in [6, 6.07) is 16.4. The highest BCUT2D eigenvalue weighted by Gasteiger charge is 2.13. The topological polar surface area (TPSA) is 132 Å². The van der Waals surface area contributed by atoms with E-state index >= 15 is 0 Å². The molecule has 9 heteroatoms. The number of aromatic amines is 2. The minimum atomic E-state index is -0.560. The quantitative estimate of drug-likeness (QED) is 0.350. The number of aromatic hydroxyl groups is 1. The van der Waals surface area contributed by atoms with E-state index in [1.807, 2.05) is 55.5 Å². The summed E-state index contributed by atoms with van der Waals surface area (Å²) >= 11 is 0. The molecule has 30 heavy (non-hydrogen) atoms. The van der Waals surface area contributed by atoms with Gasteiger partial charge in [0.25, 0.3) is 5.56 Å². The van der Waals surface area contributed by atoms with E-state index < -0.39 is 5.56 Å². The Hall–Kier alpha value is -4.40. The molecule has 0 fully saturated rings. The lowest BCUT2D eigenvalue weighted by Crippen LogP contribution is -2.07. The van der Waals surface area contributed by atoms with Crippen LogP contribution in [0.4, 0.5) is 0 Å². The fourth-order valence-electron chi connectivity index (χ4n) is 3.10. The van der Waals surface area contributed by atoms with E-state index in [0.29, 0.717) is 17.1 Å². The molecule has 0 spiro atoms. The van der Waals surface area contributed by atoms with Gasteiger partial charge in [-0.1, -0.05) is 48.5 Å². The van der Waals surface area contributed by atoms with Crippen molar-refractivity contribution < 1.29 is 5.11 Å². The van der Waals surface area contributed by atoms with E-state index in [2.05, 4.69) is 42.5 Å². The molecule has 2 aromatic heterocycles. The highest BCUT2D eigenvalue weighted by atomic mass is 16.3. The lowest BCUT2D eigenvalue weighted by atomic mass is 9.97. The van der Waals surface area contributed by atoms with Crippen molar-refractivity contribution in [3.05, 3.63) is 70.5 Å². The standard InChI is InChI=1S/C21H17N7O2/c1-12(24-22-2)13-3-7-15(8-4-13)19-17(11-18(29)21(30)23-19)14-5-9-16(10-6-14)20-25-27-28-26-20/h3-11,29H,2H2,1H3,(H,23,30)(H,25,26,27,28)/b24-12-. The number of benzene rings is 2. The molecule has 3 N–H and O–H groups in total. The van der Waals surface area contributed by atoms with Crippen molar-refractivity contribution in [1.82, 2.24) is 25.6 Å². The fraction of sp³-hybridized carbons (Fsp3) is 0.0476. The molecule has 0 amide bonds. The Kier molecular flexibility index (Phi) is 5.00. The van der Waals surface area contributed by atoms with Gasteiger partial charge < -0.3 is 10.1 Å². The second-order valence-electron chi connectivity index (χ2n) is 6.49. The number of hydrogen-bond donors (Lipinski definition) is 3. The van der Waals surface area contributed by atoms with Crippen LogP contribution in [0.25, 0.3) is 33.8 Å². The molecule has 0 bridgehead atoms. The Morgan fingerprint density at radius 2 is 1.70 bits per heavy atom. The first kappa shape index (κ1) is 18.9. The Morgan fingerprint density at radius 3 is 2.33 bits per heavy atom. The predicted molar refractivity (Wildman–Crippen MR) is 115 cm³/mol. The minimum absolute atomic E-state index is 0.354. The number of pyridine rings is 1. The highest BCUT2D eigenvalue weighted by molar-refractivity contribution is 5.99. The van der Waals surface area contributed by atoms with Gasteiger partial charge in [0.2, 0.25) is 5.82 Å². The van der Waals surface area contributed by atoms with Crippen LogP contribution in [-0.4, -0.2) is 43.1 Å². The van der Waals surface area contributed by atoms with Crippen molar-refractivity contribution in [2.24, 2.45) is 10.2 Å². The SMILES string of the molecule is C=N/N=C(/C)c1ccc(-c2[nH]c(=O)c(O)cc2-c2ccc(-c3nn[nH]n3)cc2)cc1. The second-order valence-corrected chi connectivity index (χ2v) is 6.49. The van der Waals surface area contributed by atoms with Gasteiger partial charge in [-0.15, -0.1) is 10.2 Å². The van der Waals surface area contributed by atoms with Crippen LogP contribution in [0.2, 0.25) is 0 Å². The molecule has 0 saturated heterocycles. The van der Waals surface area contributed by atoms with Crippen LogP contribution in [0, 0.1) is 0 Å². The molecule has 0 aliphatic carbocycles. The highest BCUT2D eigenvalue weighted by Crippen LogP contribution is 2.32. The van der Waals surface area contributed by atoms with Gasteiger partial charge >= 0.3 is 0 Å². The maximum atomic E-state index is 12.1. The summed E-state index contributed by atoms with van der Waals surface area (Å²) in [5, 5.41) is 31.4. The minimum Gasteiger partial charge on any atom is -0.503 e. The third kappa shape index (κ3) is 3.63. The van der Waals surface area contributed by atoms with Crippen LogP contribution in [-0.2, 0) is 0 Å². The molecule has 9 nitrogen and oxygen atoms in total. The van der Waals surface area contributed by atoms with Crippen LogP contribution < -0.4 is 5.56 Å². The monoisotopic (exact) mass is 399 g/mol. The zero-order chi connectivity index (χ0) is 21.1. The number of H-pyrrole nitrogens is 2. The molecule has 0 unspecified atom stereocenters. The van der Waals surface area contributed by atoms with Gasteiger partial charge in [0.05, 0.1) is 11.4 Å². The predicted octanol–water partition coefficient (Wildman–Crippen LogP) is 3.02. The van der Waals surface area contributed by atoms with E-state index in [1.54, 1.807) is 0 Å². The molecule has 2 heterocycles. The van der Waals surface area contributed by atoms with Crippen molar-refractivity contribution >= 4 is 12.4 Å². The van der Waals surface area contributed by atoms with Gasteiger partial charge in [-0.3, -0.25) is 4.79 Å². The Balaban J connectivity index is 1.78. The van der Waals surface area contributed by atoms with Gasteiger partial charge in [0, 0.05) is 17.8 Å². The van der Waals surface area contributed by atoms with Crippen LogP contribution in [0.5, 0.6) is 5.75 Å². The van der Waals surface area contributed by atoms with Crippen molar-refractivity contribution in [1.29, 1.82) is 0 Å². The number of hydrogen-bond acceptors (Lipinski definition) is 7. The first-order chi connectivity index (χ1) is 14.6. The third-order valence-corrected chi connectivity index (χ3v) is 4.63. The lowest BCUT2D eigenvalue weighted by Gasteiger charge is -2.12.